The Morgan fingerprint density at radius 2 is 1.87 bits per heavy atom. The van der Waals surface area contributed by atoms with Crippen LogP contribution in [0.3, 0.4) is 0 Å². The lowest BCUT2D eigenvalue weighted by Crippen LogP contribution is -2.34. The quantitative estimate of drug-likeness (QED) is 0.323. The van der Waals surface area contributed by atoms with Gasteiger partial charge in [-0.05, 0) is 49.4 Å². The Hall–Kier alpha value is -2.77. The zero-order valence-corrected chi connectivity index (χ0v) is 19.0. The molecule has 0 aliphatic heterocycles. The van der Waals surface area contributed by atoms with Crippen LogP contribution in [0, 0.1) is 5.41 Å². The number of aliphatic hydroxyl groups is 1. The molecule has 0 bridgehead atoms. The normalized spacial score (nSPS) is 12.9. The molecule has 1 heterocycles. The molecule has 0 amide bonds. The number of aromatic nitrogens is 2. The fourth-order valence-electron chi connectivity index (χ4n) is 3.43. The molecule has 31 heavy (non-hydrogen) atoms. The second-order valence-corrected chi connectivity index (χ2v) is 8.51. The number of benzene rings is 2. The summed E-state index contributed by atoms with van der Waals surface area (Å²) in [6.45, 7) is 1.72. The van der Waals surface area contributed by atoms with E-state index in [4.69, 9.17) is 5.41 Å². The summed E-state index contributed by atoms with van der Waals surface area (Å²) < 4.78 is 0.981. The van der Waals surface area contributed by atoms with Gasteiger partial charge in [-0.15, -0.1) is 0 Å². The van der Waals surface area contributed by atoms with E-state index in [9.17, 15) is 9.90 Å². The Kier molecular flexibility index (Phi) is 8.14. The van der Waals surface area contributed by atoms with Gasteiger partial charge in [-0.1, -0.05) is 58.4 Å². The molecule has 0 aliphatic carbocycles. The SMILES string of the molecule is CC(O)C(CCCc1ccccc1)Nc1nc(Cc2ccc(Br)cc2)[nH]c(=O)c1C=N. The summed E-state index contributed by atoms with van der Waals surface area (Å²) in [5.74, 6) is 0.838. The molecule has 2 aromatic carbocycles. The predicted molar refractivity (Wildman–Crippen MR) is 128 cm³/mol. The third kappa shape index (κ3) is 6.60. The van der Waals surface area contributed by atoms with Gasteiger partial charge < -0.3 is 20.8 Å². The van der Waals surface area contributed by atoms with Crippen LogP contribution in [-0.4, -0.2) is 33.4 Å². The summed E-state index contributed by atoms with van der Waals surface area (Å²) in [5, 5.41) is 21.2. The van der Waals surface area contributed by atoms with Crippen molar-refractivity contribution in [1.82, 2.24) is 9.97 Å². The van der Waals surface area contributed by atoms with Gasteiger partial charge in [0, 0.05) is 17.1 Å². The maximum atomic E-state index is 12.5. The second kappa shape index (κ2) is 11.0. The topological polar surface area (TPSA) is 102 Å². The molecule has 162 valence electrons. The van der Waals surface area contributed by atoms with Gasteiger partial charge in [0.2, 0.25) is 0 Å². The van der Waals surface area contributed by atoms with Gasteiger partial charge in [0.1, 0.15) is 11.6 Å². The van der Waals surface area contributed by atoms with E-state index in [-0.39, 0.29) is 17.2 Å². The molecular formula is C24H27BrN4O2. The second-order valence-electron chi connectivity index (χ2n) is 7.59. The third-order valence-electron chi connectivity index (χ3n) is 5.16. The largest absolute Gasteiger partial charge is 0.391 e. The van der Waals surface area contributed by atoms with Gasteiger partial charge in [0.15, 0.2) is 0 Å². The minimum absolute atomic E-state index is 0.160. The van der Waals surface area contributed by atoms with Crippen LogP contribution in [0.15, 0.2) is 63.9 Å². The number of anilines is 1. The minimum Gasteiger partial charge on any atom is -0.391 e. The molecule has 2 atom stereocenters. The van der Waals surface area contributed by atoms with Crippen LogP contribution >= 0.6 is 15.9 Å². The summed E-state index contributed by atoms with van der Waals surface area (Å²) in [5.41, 5.74) is 2.05. The molecule has 7 heteroatoms. The van der Waals surface area contributed by atoms with E-state index in [0.29, 0.717) is 24.5 Å². The summed E-state index contributed by atoms with van der Waals surface area (Å²) in [6, 6.07) is 17.7. The molecule has 2 unspecified atom stereocenters. The van der Waals surface area contributed by atoms with E-state index in [0.717, 1.165) is 29.1 Å². The molecule has 0 spiro atoms. The summed E-state index contributed by atoms with van der Waals surface area (Å²) in [4.78, 5) is 19.9. The van der Waals surface area contributed by atoms with Crippen LogP contribution in [0.1, 0.15) is 42.3 Å². The van der Waals surface area contributed by atoms with Crippen LogP contribution in [0.2, 0.25) is 0 Å². The molecule has 0 aliphatic rings. The predicted octanol–water partition coefficient (Wildman–Crippen LogP) is 4.31. The Morgan fingerprint density at radius 1 is 1.16 bits per heavy atom. The van der Waals surface area contributed by atoms with Crippen molar-refractivity contribution in [3.63, 3.8) is 0 Å². The first kappa shape index (κ1) is 22.9. The lowest BCUT2D eigenvalue weighted by Gasteiger charge is -2.23. The Morgan fingerprint density at radius 3 is 2.52 bits per heavy atom. The number of hydrogen-bond acceptors (Lipinski definition) is 5. The fraction of sp³-hybridized carbons (Fsp3) is 0.292. The highest BCUT2D eigenvalue weighted by molar-refractivity contribution is 9.10. The lowest BCUT2D eigenvalue weighted by atomic mass is 10.0. The molecule has 0 fully saturated rings. The van der Waals surface area contributed by atoms with Gasteiger partial charge in [0.05, 0.1) is 17.7 Å². The molecule has 0 saturated heterocycles. The van der Waals surface area contributed by atoms with Crippen LogP contribution in [-0.2, 0) is 12.8 Å². The highest BCUT2D eigenvalue weighted by Crippen LogP contribution is 2.17. The first-order valence-electron chi connectivity index (χ1n) is 10.3. The van der Waals surface area contributed by atoms with Crippen LogP contribution in [0.25, 0.3) is 0 Å². The van der Waals surface area contributed by atoms with Gasteiger partial charge in [-0.25, -0.2) is 4.98 Å². The Labute approximate surface area is 190 Å². The number of aromatic amines is 1. The number of H-pyrrole nitrogens is 1. The van der Waals surface area contributed by atoms with Crippen molar-refractivity contribution < 1.29 is 5.11 Å². The van der Waals surface area contributed by atoms with E-state index >= 15 is 0 Å². The van der Waals surface area contributed by atoms with Gasteiger partial charge in [0.25, 0.3) is 5.56 Å². The van der Waals surface area contributed by atoms with Crippen molar-refractivity contribution in [3.8, 4) is 0 Å². The first-order chi connectivity index (χ1) is 15.0. The average Bonchev–Trinajstić information content (AvgIpc) is 2.75. The molecule has 0 saturated carbocycles. The third-order valence-corrected chi connectivity index (χ3v) is 5.69. The monoisotopic (exact) mass is 482 g/mol. The fourth-order valence-corrected chi connectivity index (χ4v) is 3.70. The van der Waals surface area contributed by atoms with Crippen molar-refractivity contribution in [1.29, 1.82) is 5.41 Å². The Bertz CT molecular complexity index is 1050. The van der Waals surface area contributed by atoms with E-state index < -0.39 is 6.10 Å². The maximum absolute atomic E-state index is 12.5. The molecule has 3 rings (SSSR count). The van der Waals surface area contributed by atoms with Crippen molar-refractivity contribution in [2.75, 3.05) is 5.32 Å². The number of halogens is 1. The molecule has 4 N–H and O–H groups in total. The van der Waals surface area contributed by atoms with Crippen molar-refractivity contribution >= 4 is 28.0 Å². The van der Waals surface area contributed by atoms with E-state index in [1.165, 1.54) is 5.56 Å². The molecule has 6 nitrogen and oxygen atoms in total. The zero-order chi connectivity index (χ0) is 22.2. The zero-order valence-electron chi connectivity index (χ0n) is 17.4. The number of rotatable bonds is 10. The Balaban J connectivity index is 1.76. The number of aliphatic hydroxyl groups excluding tert-OH is 1. The first-order valence-corrected chi connectivity index (χ1v) is 11.1. The summed E-state index contributed by atoms with van der Waals surface area (Å²) in [7, 11) is 0. The number of hydrogen-bond donors (Lipinski definition) is 4. The lowest BCUT2D eigenvalue weighted by molar-refractivity contribution is 0.166. The van der Waals surface area contributed by atoms with Crippen LogP contribution in [0.5, 0.6) is 0 Å². The smallest absolute Gasteiger partial charge is 0.261 e. The van der Waals surface area contributed by atoms with Crippen molar-refractivity contribution in [3.05, 3.63) is 91.9 Å². The highest BCUT2D eigenvalue weighted by atomic mass is 79.9. The van der Waals surface area contributed by atoms with E-state index in [2.05, 4.69) is 43.3 Å². The van der Waals surface area contributed by atoms with Crippen LogP contribution in [0.4, 0.5) is 5.82 Å². The van der Waals surface area contributed by atoms with Gasteiger partial charge in [-0.3, -0.25) is 4.79 Å². The molecule has 3 aromatic rings. The van der Waals surface area contributed by atoms with Crippen LogP contribution < -0.4 is 10.9 Å². The molecule has 0 radical (unpaired) electrons. The minimum atomic E-state index is -0.634. The number of nitrogens with zero attached hydrogens (tertiary/aromatic N) is 1. The molecular weight excluding hydrogens is 456 g/mol. The van der Waals surface area contributed by atoms with Gasteiger partial charge in [-0.2, -0.15) is 0 Å². The van der Waals surface area contributed by atoms with Crippen molar-refractivity contribution in [2.45, 2.75) is 44.8 Å². The maximum Gasteiger partial charge on any atom is 0.261 e. The summed E-state index contributed by atoms with van der Waals surface area (Å²) >= 11 is 3.42. The number of aryl methyl sites for hydroxylation is 1. The van der Waals surface area contributed by atoms with Gasteiger partial charge >= 0.3 is 0 Å². The van der Waals surface area contributed by atoms with E-state index in [1.807, 2.05) is 42.5 Å². The molecule has 1 aromatic heterocycles. The highest BCUT2D eigenvalue weighted by Gasteiger charge is 2.19. The standard InChI is InChI=1S/C24H27BrN4O2/c1-16(30)21(9-5-8-17-6-3-2-4-7-17)27-23-20(15-26)24(31)29-22(28-23)14-18-10-12-19(25)13-11-18/h2-4,6-7,10-13,15-16,21,26,30H,5,8-9,14H2,1H3,(H2,27,28,29,31). The number of nitrogens with one attached hydrogen (secondary N) is 3. The van der Waals surface area contributed by atoms with E-state index in [1.54, 1.807) is 6.92 Å². The summed E-state index contributed by atoms with van der Waals surface area (Å²) in [6.07, 6.45) is 3.32. The average molecular weight is 483 g/mol. The van der Waals surface area contributed by atoms with Crippen molar-refractivity contribution in [2.24, 2.45) is 0 Å².